The van der Waals surface area contributed by atoms with E-state index in [4.69, 9.17) is 15.2 Å². The molecule has 1 heterocycles. The van der Waals surface area contributed by atoms with Gasteiger partial charge in [0.2, 0.25) is 0 Å². The largest absolute Gasteiger partial charge is 0.445 e. The average molecular weight is 347 g/mol. The van der Waals surface area contributed by atoms with Gasteiger partial charge < -0.3 is 15.2 Å². The first-order valence-corrected chi connectivity index (χ1v) is 8.69. The van der Waals surface area contributed by atoms with Crippen LogP contribution in [0.15, 0.2) is 52.5 Å². The minimum absolute atomic E-state index is 0.133. The van der Waals surface area contributed by atoms with E-state index in [1.54, 1.807) is 37.3 Å². The van der Waals surface area contributed by atoms with Crippen LogP contribution >= 0.6 is 0 Å². The molecule has 0 radical (unpaired) electrons. The minimum atomic E-state index is -3.74. The van der Waals surface area contributed by atoms with Gasteiger partial charge in [0.25, 0.3) is 16.3 Å². The van der Waals surface area contributed by atoms with Gasteiger partial charge in [-0.15, -0.1) is 0 Å². The molecule has 3 rings (SSSR count). The van der Waals surface area contributed by atoms with Gasteiger partial charge in [-0.2, -0.15) is 18.4 Å². The molecule has 0 bridgehead atoms. The Morgan fingerprint density at radius 1 is 1.12 bits per heavy atom. The molecule has 0 amide bonds. The number of nitrogens with one attached hydrogen (secondary N) is 1. The van der Waals surface area contributed by atoms with Gasteiger partial charge in [-0.1, -0.05) is 17.7 Å². The zero-order chi connectivity index (χ0) is 17.3. The third kappa shape index (κ3) is 3.28. The number of nitrogens with zero attached hydrogens (tertiary/aromatic N) is 1. The maximum Gasteiger partial charge on any atom is 0.282 e. The molecule has 1 aliphatic rings. The second kappa shape index (κ2) is 6.04. The van der Waals surface area contributed by atoms with Crippen LogP contribution in [0, 0.1) is 6.92 Å². The summed E-state index contributed by atoms with van der Waals surface area (Å²) >= 11 is 0. The van der Waals surface area contributed by atoms with Crippen molar-refractivity contribution in [3.63, 3.8) is 0 Å². The van der Waals surface area contributed by atoms with Crippen LogP contribution < -0.4 is 20.0 Å². The Bertz CT molecular complexity index is 892. The van der Waals surface area contributed by atoms with Gasteiger partial charge in [0.15, 0.2) is 11.5 Å². The first-order valence-electron chi connectivity index (χ1n) is 7.21. The molecule has 1 atom stereocenters. The van der Waals surface area contributed by atoms with Crippen LogP contribution in [0.25, 0.3) is 0 Å². The molecule has 2 aromatic rings. The summed E-state index contributed by atoms with van der Waals surface area (Å²) in [5.41, 5.74) is 7.54. The summed E-state index contributed by atoms with van der Waals surface area (Å²) in [6.07, 6.45) is -0.803. The smallest absolute Gasteiger partial charge is 0.282 e. The lowest BCUT2D eigenvalue weighted by molar-refractivity contribution is 0.113. The lowest BCUT2D eigenvalue weighted by atomic mass is 10.2. The van der Waals surface area contributed by atoms with Gasteiger partial charge in [0.1, 0.15) is 5.71 Å². The van der Waals surface area contributed by atoms with Gasteiger partial charge in [-0.25, -0.2) is 0 Å². The highest BCUT2D eigenvalue weighted by atomic mass is 32.2. The van der Waals surface area contributed by atoms with E-state index in [1.807, 2.05) is 6.92 Å². The Morgan fingerprint density at radius 3 is 2.50 bits per heavy atom. The van der Waals surface area contributed by atoms with Crippen molar-refractivity contribution in [1.82, 2.24) is 4.83 Å². The van der Waals surface area contributed by atoms with Gasteiger partial charge in [0, 0.05) is 11.8 Å². The van der Waals surface area contributed by atoms with Crippen molar-refractivity contribution in [2.24, 2.45) is 5.10 Å². The Morgan fingerprint density at radius 2 is 1.79 bits per heavy atom. The zero-order valence-corrected chi connectivity index (χ0v) is 14.0. The summed E-state index contributed by atoms with van der Waals surface area (Å²) in [5, 5.41) is 3.88. The second-order valence-electron chi connectivity index (χ2n) is 5.43. The molecule has 8 heteroatoms. The number of nitrogen functional groups attached to an aromatic ring is 1. The lowest BCUT2D eigenvalue weighted by Gasteiger charge is -2.10. The summed E-state index contributed by atoms with van der Waals surface area (Å²) in [6.45, 7) is 3.49. The van der Waals surface area contributed by atoms with E-state index < -0.39 is 16.3 Å². The first-order chi connectivity index (χ1) is 11.3. The van der Waals surface area contributed by atoms with Crippen LogP contribution in [-0.4, -0.2) is 20.4 Å². The number of sulfonamides is 1. The lowest BCUT2D eigenvalue weighted by Crippen LogP contribution is -2.30. The molecule has 0 aliphatic carbocycles. The zero-order valence-electron chi connectivity index (χ0n) is 13.2. The number of anilines is 1. The van der Waals surface area contributed by atoms with Crippen LogP contribution in [0.5, 0.6) is 11.5 Å². The van der Waals surface area contributed by atoms with Crippen LogP contribution in [0.4, 0.5) is 5.69 Å². The molecule has 0 saturated heterocycles. The van der Waals surface area contributed by atoms with Crippen LogP contribution in [-0.2, 0) is 10.0 Å². The molecular formula is C16H17N3O4S. The Balaban J connectivity index is 1.72. The van der Waals surface area contributed by atoms with E-state index >= 15 is 0 Å². The number of ether oxygens (including phenoxy) is 2. The van der Waals surface area contributed by atoms with Crippen molar-refractivity contribution < 1.29 is 17.9 Å². The maximum atomic E-state index is 12.2. The number of aryl methyl sites for hydroxylation is 1. The predicted molar refractivity (Wildman–Crippen MR) is 90.5 cm³/mol. The normalized spacial score (nSPS) is 16.9. The van der Waals surface area contributed by atoms with Crippen molar-refractivity contribution in [2.75, 3.05) is 5.73 Å². The SMILES string of the molecule is CC(=NNS(=O)(=O)c1ccc(C)cc1)C1Oc2ccc(N)cc2O1. The average Bonchev–Trinajstić information content (AvgIpc) is 2.96. The molecule has 1 unspecified atom stereocenters. The van der Waals surface area contributed by atoms with Gasteiger partial charge in [-0.05, 0) is 38.1 Å². The second-order valence-corrected chi connectivity index (χ2v) is 7.10. The topological polar surface area (TPSA) is 103 Å². The van der Waals surface area contributed by atoms with Crippen molar-refractivity contribution in [1.29, 1.82) is 0 Å². The standard InChI is InChI=1S/C16H17N3O4S/c1-10-3-6-13(7-4-10)24(20,21)19-18-11(2)16-22-14-8-5-12(17)9-15(14)23-16/h3-9,16,19H,17H2,1-2H3. The highest BCUT2D eigenvalue weighted by molar-refractivity contribution is 7.89. The molecular weight excluding hydrogens is 330 g/mol. The van der Waals surface area contributed by atoms with Crippen molar-refractivity contribution >= 4 is 21.4 Å². The molecule has 0 saturated carbocycles. The number of hydrazone groups is 1. The fraction of sp³-hybridized carbons (Fsp3) is 0.188. The fourth-order valence-corrected chi connectivity index (χ4v) is 2.96. The van der Waals surface area contributed by atoms with E-state index in [1.165, 1.54) is 12.1 Å². The molecule has 3 N–H and O–H groups in total. The molecule has 24 heavy (non-hydrogen) atoms. The summed E-state index contributed by atoms with van der Waals surface area (Å²) in [5.74, 6) is 1.03. The molecule has 0 fully saturated rings. The summed E-state index contributed by atoms with van der Waals surface area (Å²) < 4.78 is 35.6. The summed E-state index contributed by atoms with van der Waals surface area (Å²) in [7, 11) is -3.74. The van der Waals surface area contributed by atoms with Crippen molar-refractivity contribution in [3.8, 4) is 11.5 Å². The van der Waals surface area contributed by atoms with E-state index in [0.717, 1.165) is 5.56 Å². The number of benzene rings is 2. The van der Waals surface area contributed by atoms with Crippen LogP contribution in [0.2, 0.25) is 0 Å². The minimum Gasteiger partial charge on any atom is -0.445 e. The Kier molecular flexibility index (Phi) is 4.06. The molecule has 126 valence electrons. The molecule has 1 aliphatic heterocycles. The molecule has 2 aromatic carbocycles. The molecule has 0 spiro atoms. The number of rotatable bonds is 4. The number of hydrogen-bond donors (Lipinski definition) is 2. The highest BCUT2D eigenvalue weighted by Gasteiger charge is 2.27. The summed E-state index contributed by atoms with van der Waals surface area (Å²) in [4.78, 5) is 2.32. The van der Waals surface area contributed by atoms with Gasteiger partial charge >= 0.3 is 0 Å². The van der Waals surface area contributed by atoms with Crippen molar-refractivity contribution in [3.05, 3.63) is 48.0 Å². The number of hydrogen-bond acceptors (Lipinski definition) is 6. The third-order valence-electron chi connectivity index (χ3n) is 3.45. The molecule has 7 nitrogen and oxygen atoms in total. The van der Waals surface area contributed by atoms with E-state index in [2.05, 4.69) is 9.93 Å². The molecule has 0 aromatic heterocycles. The summed E-state index contributed by atoms with van der Waals surface area (Å²) in [6, 6.07) is 11.5. The first kappa shape index (κ1) is 16.1. The van der Waals surface area contributed by atoms with Gasteiger partial charge in [0.05, 0.1) is 4.90 Å². The van der Waals surface area contributed by atoms with E-state index in [0.29, 0.717) is 22.9 Å². The quantitative estimate of drug-likeness (QED) is 0.500. The van der Waals surface area contributed by atoms with Crippen LogP contribution in [0.1, 0.15) is 12.5 Å². The Hall–Kier alpha value is -2.74. The number of fused-ring (bicyclic) bond motifs is 1. The van der Waals surface area contributed by atoms with Crippen molar-refractivity contribution in [2.45, 2.75) is 25.0 Å². The monoisotopic (exact) mass is 347 g/mol. The Labute approximate surface area is 140 Å². The maximum absolute atomic E-state index is 12.2. The van der Waals surface area contributed by atoms with E-state index in [-0.39, 0.29) is 4.90 Å². The highest BCUT2D eigenvalue weighted by Crippen LogP contribution is 2.36. The van der Waals surface area contributed by atoms with Crippen LogP contribution in [0.3, 0.4) is 0 Å². The van der Waals surface area contributed by atoms with Gasteiger partial charge in [-0.3, -0.25) is 0 Å². The van der Waals surface area contributed by atoms with E-state index in [9.17, 15) is 8.42 Å². The fourth-order valence-electron chi connectivity index (χ4n) is 2.09. The third-order valence-corrected chi connectivity index (χ3v) is 4.67. The predicted octanol–water partition coefficient (Wildman–Crippen LogP) is 2.03. The number of nitrogens with two attached hydrogens (primary N) is 1.